The number of rotatable bonds is 6. The molecular weight excluding hydrogens is 431 g/mol. The van der Waals surface area contributed by atoms with Crippen LogP contribution in [0.1, 0.15) is 30.9 Å². The summed E-state index contributed by atoms with van der Waals surface area (Å²) < 4.78 is 19.2. The third kappa shape index (κ3) is 3.85. The van der Waals surface area contributed by atoms with E-state index in [1.54, 1.807) is 0 Å². The number of nitrogens with zero attached hydrogens (tertiary/aromatic N) is 2. The van der Waals surface area contributed by atoms with Gasteiger partial charge in [-0.05, 0) is 72.9 Å². The summed E-state index contributed by atoms with van der Waals surface area (Å²) in [4.78, 5) is 30.6. The number of carbonyl (C=O) groups is 2. The lowest BCUT2D eigenvalue weighted by Gasteiger charge is -2.32. The van der Waals surface area contributed by atoms with Gasteiger partial charge in [0.2, 0.25) is 0 Å². The van der Waals surface area contributed by atoms with Crippen LogP contribution in [0.2, 0.25) is 0 Å². The van der Waals surface area contributed by atoms with E-state index >= 15 is 0 Å². The number of imide groups is 1. The predicted molar refractivity (Wildman–Crippen MR) is 130 cm³/mol. The molecule has 2 amide bonds. The van der Waals surface area contributed by atoms with Crippen LogP contribution >= 0.6 is 0 Å². The zero-order valence-electron chi connectivity index (χ0n) is 19.0. The van der Waals surface area contributed by atoms with Crippen LogP contribution in [0, 0.1) is 5.82 Å². The van der Waals surface area contributed by atoms with Gasteiger partial charge in [-0.25, -0.2) is 9.29 Å². The van der Waals surface area contributed by atoms with Crippen molar-refractivity contribution in [3.8, 4) is 5.75 Å². The Morgan fingerprint density at radius 3 is 2.38 bits per heavy atom. The Kier molecular flexibility index (Phi) is 5.88. The van der Waals surface area contributed by atoms with Crippen molar-refractivity contribution >= 4 is 28.8 Å². The van der Waals surface area contributed by atoms with Gasteiger partial charge in [-0.1, -0.05) is 37.3 Å². The highest BCUT2D eigenvalue weighted by Gasteiger charge is 2.43. The molecule has 0 bridgehead atoms. The molecule has 0 aromatic heterocycles. The summed E-state index contributed by atoms with van der Waals surface area (Å²) in [6, 6.07) is 20.7. The quantitative estimate of drug-likeness (QED) is 0.469. The van der Waals surface area contributed by atoms with Crippen molar-refractivity contribution in [2.75, 3.05) is 23.0 Å². The minimum atomic E-state index is -0.427. The van der Waals surface area contributed by atoms with E-state index in [0.717, 1.165) is 35.4 Å². The molecule has 2 aliphatic rings. The Balaban J connectivity index is 1.63. The SMILES string of the molecule is CCCOc1ccc(C2=C(N3CCCc4ccccc43)C(=O)N(c3ccc(F)cc3)C2=O)cc1. The lowest BCUT2D eigenvalue weighted by Crippen LogP contribution is -2.37. The number of carbonyl (C=O) groups excluding carboxylic acids is 2. The second-order valence-corrected chi connectivity index (χ2v) is 8.40. The van der Waals surface area contributed by atoms with Gasteiger partial charge < -0.3 is 9.64 Å². The monoisotopic (exact) mass is 456 g/mol. The average molecular weight is 457 g/mol. The summed E-state index contributed by atoms with van der Waals surface area (Å²) in [5, 5.41) is 0. The molecule has 0 aliphatic carbocycles. The van der Waals surface area contributed by atoms with E-state index in [1.807, 2.05) is 54.3 Å². The van der Waals surface area contributed by atoms with E-state index in [-0.39, 0.29) is 0 Å². The highest BCUT2D eigenvalue weighted by atomic mass is 19.1. The lowest BCUT2D eigenvalue weighted by molar-refractivity contribution is -0.120. The van der Waals surface area contributed by atoms with Crippen LogP contribution in [0.3, 0.4) is 0 Å². The van der Waals surface area contributed by atoms with E-state index in [1.165, 1.54) is 24.3 Å². The number of para-hydroxylation sites is 1. The molecule has 0 atom stereocenters. The second-order valence-electron chi connectivity index (χ2n) is 8.40. The smallest absolute Gasteiger partial charge is 0.282 e. The first kappa shape index (κ1) is 21.9. The summed E-state index contributed by atoms with van der Waals surface area (Å²) in [6.07, 6.45) is 2.68. The van der Waals surface area contributed by atoms with Gasteiger partial charge >= 0.3 is 0 Å². The Hall–Kier alpha value is -3.93. The first-order valence-electron chi connectivity index (χ1n) is 11.6. The molecule has 3 aromatic carbocycles. The molecule has 34 heavy (non-hydrogen) atoms. The fourth-order valence-corrected chi connectivity index (χ4v) is 4.56. The van der Waals surface area contributed by atoms with Crippen LogP contribution in [0.5, 0.6) is 5.75 Å². The number of benzene rings is 3. The Morgan fingerprint density at radius 1 is 0.912 bits per heavy atom. The molecular formula is C28H25FN2O3. The number of hydrogen-bond acceptors (Lipinski definition) is 4. The van der Waals surface area contributed by atoms with Crippen molar-refractivity contribution in [1.29, 1.82) is 0 Å². The zero-order chi connectivity index (χ0) is 23.7. The fraction of sp³-hybridized carbons (Fsp3) is 0.214. The zero-order valence-corrected chi connectivity index (χ0v) is 19.0. The van der Waals surface area contributed by atoms with Gasteiger partial charge in [0.05, 0.1) is 17.9 Å². The molecule has 172 valence electrons. The van der Waals surface area contributed by atoms with E-state index in [4.69, 9.17) is 4.74 Å². The van der Waals surface area contributed by atoms with E-state index in [2.05, 4.69) is 6.07 Å². The van der Waals surface area contributed by atoms with Gasteiger partial charge in [0.25, 0.3) is 11.8 Å². The van der Waals surface area contributed by atoms with Crippen molar-refractivity contribution in [2.45, 2.75) is 26.2 Å². The van der Waals surface area contributed by atoms with Gasteiger partial charge in [0, 0.05) is 12.2 Å². The van der Waals surface area contributed by atoms with Crippen molar-refractivity contribution < 1.29 is 18.7 Å². The first-order chi connectivity index (χ1) is 16.6. The van der Waals surface area contributed by atoms with Gasteiger partial charge in [0.1, 0.15) is 17.3 Å². The summed E-state index contributed by atoms with van der Waals surface area (Å²) in [5.74, 6) is -0.543. The largest absolute Gasteiger partial charge is 0.494 e. The molecule has 0 spiro atoms. The summed E-state index contributed by atoms with van der Waals surface area (Å²) in [6.45, 7) is 3.27. The number of aryl methyl sites for hydroxylation is 1. The molecule has 2 aliphatic heterocycles. The molecule has 0 saturated heterocycles. The van der Waals surface area contributed by atoms with E-state index in [9.17, 15) is 14.0 Å². The maximum absolute atomic E-state index is 13.8. The van der Waals surface area contributed by atoms with Crippen LogP contribution in [-0.2, 0) is 16.0 Å². The lowest BCUT2D eigenvalue weighted by atomic mass is 9.98. The van der Waals surface area contributed by atoms with Gasteiger partial charge in [0.15, 0.2) is 0 Å². The highest BCUT2D eigenvalue weighted by molar-refractivity contribution is 6.46. The molecule has 0 fully saturated rings. The van der Waals surface area contributed by atoms with E-state index in [0.29, 0.717) is 41.4 Å². The Labute approximate surface area is 198 Å². The predicted octanol–water partition coefficient (Wildman–Crippen LogP) is 5.35. The van der Waals surface area contributed by atoms with Crippen LogP contribution in [0.25, 0.3) is 5.57 Å². The molecule has 0 saturated carbocycles. The highest BCUT2D eigenvalue weighted by Crippen LogP contribution is 2.39. The normalized spacial score (nSPS) is 15.7. The second kappa shape index (κ2) is 9.14. The number of halogens is 1. The van der Waals surface area contributed by atoms with Crippen LogP contribution < -0.4 is 14.5 Å². The van der Waals surface area contributed by atoms with Crippen molar-refractivity contribution in [2.24, 2.45) is 0 Å². The topological polar surface area (TPSA) is 49.9 Å². The minimum Gasteiger partial charge on any atom is -0.494 e. The molecule has 3 aromatic rings. The third-order valence-electron chi connectivity index (χ3n) is 6.14. The maximum atomic E-state index is 13.8. The van der Waals surface area contributed by atoms with E-state index < -0.39 is 17.6 Å². The summed E-state index contributed by atoms with van der Waals surface area (Å²) in [7, 11) is 0. The molecule has 0 unspecified atom stereocenters. The van der Waals surface area contributed by atoms with Crippen LogP contribution in [-0.4, -0.2) is 25.0 Å². The molecule has 0 radical (unpaired) electrons. The number of hydrogen-bond donors (Lipinski definition) is 0. The van der Waals surface area contributed by atoms with Gasteiger partial charge in [-0.3, -0.25) is 9.59 Å². The Morgan fingerprint density at radius 2 is 1.65 bits per heavy atom. The van der Waals surface area contributed by atoms with Gasteiger partial charge in [-0.2, -0.15) is 0 Å². The summed E-state index contributed by atoms with van der Waals surface area (Å²) in [5.41, 5.74) is 3.76. The van der Waals surface area contributed by atoms with Crippen LogP contribution in [0.4, 0.5) is 15.8 Å². The number of fused-ring (bicyclic) bond motifs is 1. The molecule has 2 heterocycles. The minimum absolute atomic E-state index is 0.341. The van der Waals surface area contributed by atoms with Crippen molar-refractivity contribution in [3.05, 3.63) is 95.4 Å². The average Bonchev–Trinajstić information content (AvgIpc) is 3.13. The molecule has 6 heteroatoms. The third-order valence-corrected chi connectivity index (χ3v) is 6.14. The molecule has 5 rings (SSSR count). The fourth-order valence-electron chi connectivity index (χ4n) is 4.56. The standard InChI is InChI=1S/C28H25FN2O3/c1-2-18-34-23-15-9-20(10-16-23)25-26(30-17-5-7-19-6-3-4-8-24(19)30)28(33)31(27(25)32)22-13-11-21(29)12-14-22/h3-4,6,8-16H,2,5,7,17-18H2,1H3. The first-order valence-corrected chi connectivity index (χ1v) is 11.6. The van der Waals surface area contributed by atoms with Gasteiger partial charge in [-0.15, -0.1) is 0 Å². The van der Waals surface area contributed by atoms with Crippen LogP contribution in [0.15, 0.2) is 78.5 Å². The van der Waals surface area contributed by atoms with Crippen molar-refractivity contribution in [1.82, 2.24) is 0 Å². The molecule has 5 nitrogen and oxygen atoms in total. The Bertz CT molecular complexity index is 1270. The summed E-state index contributed by atoms with van der Waals surface area (Å²) >= 11 is 0. The number of anilines is 2. The number of ether oxygens (including phenoxy) is 1. The molecule has 0 N–H and O–H groups in total. The number of amides is 2. The van der Waals surface area contributed by atoms with Crippen molar-refractivity contribution in [3.63, 3.8) is 0 Å². The maximum Gasteiger partial charge on any atom is 0.282 e.